The van der Waals surface area contributed by atoms with Crippen LogP contribution < -0.4 is 15.5 Å². The summed E-state index contributed by atoms with van der Waals surface area (Å²) in [6.07, 6.45) is 5.42. The molecule has 1 aromatic carbocycles. The van der Waals surface area contributed by atoms with Crippen LogP contribution in [-0.2, 0) is 5.54 Å². The number of rotatable bonds is 4. The fourth-order valence-corrected chi connectivity index (χ4v) is 2.99. The van der Waals surface area contributed by atoms with Gasteiger partial charge in [-0.05, 0) is 39.0 Å². The number of hydrogen-bond acceptors (Lipinski definition) is 5. The molecule has 1 aliphatic heterocycles. The minimum absolute atomic E-state index is 0.0583. The largest absolute Gasteiger partial charge is 0.336 e. The molecule has 0 atom stereocenters. The number of carbonyl (C=O) groups excluding carboxylic acids is 1. The van der Waals surface area contributed by atoms with Crippen LogP contribution in [0.25, 0.3) is 11.3 Å². The Labute approximate surface area is 163 Å². The number of carbonyl (C=O) groups is 1. The summed E-state index contributed by atoms with van der Waals surface area (Å²) in [5.41, 5.74) is 3.39. The number of anilines is 3. The predicted octanol–water partition coefficient (Wildman–Crippen LogP) is 3.37. The monoisotopic (exact) mass is 377 g/mol. The van der Waals surface area contributed by atoms with Crippen molar-refractivity contribution in [2.45, 2.75) is 26.3 Å². The first-order valence-electron chi connectivity index (χ1n) is 9.21. The summed E-state index contributed by atoms with van der Waals surface area (Å²) in [7, 11) is 0. The number of nitrogens with zero attached hydrogens (tertiary/aromatic N) is 5. The number of benzene rings is 1. The minimum Gasteiger partial charge on any atom is -0.336 e. The molecule has 4 rings (SSSR count). The highest BCUT2D eigenvalue weighted by Gasteiger charge is 2.21. The normalized spacial score (nSPS) is 14.2. The lowest BCUT2D eigenvalue weighted by atomic mass is 10.1. The molecule has 0 unspecified atom stereocenters. The zero-order valence-electron chi connectivity index (χ0n) is 16.2. The summed E-state index contributed by atoms with van der Waals surface area (Å²) < 4.78 is 1.90. The Kier molecular flexibility index (Phi) is 4.46. The van der Waals surface area contributed by atoms with Crippen molar-refractivity contribution in [1.29, 1.82) is 0 Å². The zero-order valence-corrected chi connectivity index (χ0v) is 16.2. The standard InChI is InChI=1S/C20H23N7O/c1-20(2,3)27-13-15(12-23-27)24-18-21-9-8-17(25-18)14-4-6-16(7-5-14)26-11-10-22-19(26)28/h4-9,12-13H,10-11H2,1-3H3,(H,22,28)(H,21,24,25). The lowest BCUT2D eigenvalue weighted by Gasteiger charge is -2.18. The quantitative estimate of drug-likeness (QED) is 0.728. The summed E-state index contributed by atoms with van der Waals surface area (Å²) in [4.78, 5) is 22.4. The molecule has 144 valence electrons. The van der Waals surface area contributed by atoms with E-state index < -0.39 is 0 Å². The van der Waals surface area contributed by atoms with Crippen molar-refractivity contribution >= 4 is 23.4 Å². The van der Waals surface area contributed by atoms with Gasteiger partial charge < -0.3 is 10.6 Å². The van der Waals surface area contributed by atoms with Gasteiger partial charge in [0.1, 0.15) is 0 Å². The molecule has 0 bridgehead atoms. The third-order valence-corrected chi connectivity index (χ3v) is 4.51. The van der Waals surface area contributed by atoms with Crippen molar-refractivity contribution < 1.29 is 4.79 Å². The Morgan fingerprint density at radius 1 is 1.14 bits per heavy atom. The maximum atomic E-state index is 11.8. The second-order valence-corrected chi connectivity index (χ2v) is 7.67. The van der Waals surface area contributed by atoms with Gasteiger partial charge in [-0.3, -0.25) is 9.58 Å². The molecule has 2 aromatic heterocycles. The highest BCUT2D eigenvalue weighted by molar-refractivity contribution is 5.94. The van der Waals surface area contributed by atoms with E-state index in [-0.39, 0.29) is 11.6 Å². The smallest absolute Gasteiger partial charge is 0.321 e. The van der Waals surface area contributed by atoms with Crippen LogP contribution in [-0.4, -0.2) is 38.9 Å². The molecule has 0 spiro atoms. The number of hydrogen-bond donors (Lipinski definition) is 2. The van der Waals surface area contributed by atoms with E-state index in [0.717, 1.165) is 22.6 Å². The van der Waals surface area contributed by atoms with E-state index in [4.69, 9.17) is 0 Å². The second kappa shape index (κ2) is 6.95. The van der Waals surface area contributed by atoms with Crippen LogP contribution in [0.5, 0.6) is 0 Å². The highest BCUT2D eigenvalue weighted by Crippen LogP contribution is 2.24. The molecule has 0 saturated carbocycles. The van der Waals surface area contributed by atoms with Gasteiger partial charge in [-0.15, -0.1) is 0 Å². The summed E-state index contributed by atoms with van der Waals surface area (Å²) >= 11 is 0. The Morgan fingerprint density at radius 3 is 2.57 bits per heavy atom. The van der Waals surface area contributed by atoms with E-state index in [0.29, 0.717) is 19.0 Å². The van der Waals surface area contributed by atoms with Gasteiger partial charge in [0.15, 0.2) is 0 Å². The summed E-state index contributed by atoms with van der Waals surface area (Å²) in [5.74, 6) is 0.508. The molecule has 28 heavy (non-hydrogen) atoms. The maximum absolute atomic E-state index is 11.8. The molecule has 8 nitrogen and oxygen atoms in total. The van der Waals surface area contributed by atoms with Crippen molar-refractivity contribution in [3.8, 4) is 11.3 Å². The number of nitrogens with one attached hydrogen (secondary N) is 2. The number of aromatic nitrogens is 4. The Hall–Kier alpha value is -3.42. The van der Waals surface area contributed by atoms with Crippen LogP contribution in [0.1, 0.15) is 20.8 Å². The van der Waals surface area contributed by atoms with Gasteiger partial charge >= 0.3 is 6.03 Å². The Morgan fingerprint density at radius 2 is 1.93 bits per heavy atom. The van der Waals surface area contributed by atoms with Gasteiger partial charge in [0.25, 0.3) is 0 Å². The van der Waals surface area contributed by atoms with Gasteiger partial charge in [-0.2, -0.15) is 5.10 Å². The van der Waals surface area contributed by atoms with E-state index in [1.807, 2.05) is 41.2 Å². The van der Waals surface area contributed by atoms with Crippen LogP contribution >= 0.6 is 0 Å². The summed E-state index contributed by atoms with van der Waals surface area (Å²) in [5, 5.41) is 10.4. The van der Waals surface area contributed by atoms with E-state index in [1.54, 1.807) is 17.3 Å². The Bertz CT molecular complexity index is 988. The molecule has 1 saturated heterocycles. The summed E-state index contributed by atoms with van der Waals surface area (Å²) in [6, 6.07) is 9.60. The van der Waals surface area contributed by atoms with E-state index >= 15 is 0 Å². The predicted molar refractivity (Wildman–Crippen MR) is 109 cm³/mol. The zero-order chi connectivity index (χ0) is 19.7. The van der Waals surface area contributed by atoms with Gasteiger partial charge in [0, 0.05) is 36.7 Å². The van der Waals surface area contributed by atoms with Crippen LogP contribution in [0.4, 0.5) is 22.1 Å². The van der Waals surface area contributed by atoms with Crippen molar-refractivity contribution in [3.05, 3.63) is 48.9 Å². The Balaban J connectivity index is 1.52. The first kappa shape index (κ1) is 18.0. The fraction of sp³-hybridized carbons (Fsp3) is 0.300. The molecule has 0 aliphatic carbocycles. The topological polar surface area (TPSA) is 88.0 Å². The van der Waals surface area contributed by atoms with E-state index in [2.05, 4.69) is 46.5 Å². The SMILES string of the molecule is CC(C)(C)n1cc(Nc2nccc(-c3ccc(N4CCNC4=O)cc3)n2)cn1. The molecule has 3 heterocycles. The fourth-order valence-electron chi connectivity index (χ4n) is 2.99. The van der Waals surface area contributed by atoms with Crippen LogP contribution in [0.3, 0.4) is 0 Å². The van der Waals surface area contributed by atoms with Gasteiger partial charge in [0.2, 0.25) is 5.95 Å². The van der Waals surface area contributed by atoms with Crippen LogP contribution in [0.15, 0.2) is 48.9 Å². The molecule has 1 fully saturated rings. The minimum atomic E-state index is -0.0867. The van der Waals surface area contributed by atoms with Gasteiger partial charge in [0.05, 0.1) is 23.1 Å². The van der Waals surface area contributed by atoms with Crippen molar-refractivity contribution in [2.75, 3.05) is 23.3 Å². The first-order valence-corrected chi connectivity index (χ1v) is 9.21. The van der Waals surface area contributed by atoms with Crippen LogP contribution in [0.2, 0.25) is 0 Å². The van der Waals surface area contributed by atoms with E-state index in [1.165, 1.54) is 0 Å². The molecule has 8 heteroatoms. The molecule has 3 aromatic rings. The highest BCUT2D eigenvalue weighted by atomic mass is 16.2. The van der Waals surface area contributed by atoms with Crippen molar-refractivity contribution in [1.82, 2.24) is 25.1 Å². The maximum Gasteiger partial charge on any atom is 0.321 e. The van der Waals surface area contributed by atoms with E-state index in [9.17, 15) is 4.79 Å². The molecule has 2 N–H and O–H groups in total. The molecule has 2 amide bonds. The average molecular weight is 377 g/mol. The lowest BCUT2D eigenvalue weighted by molar-refractivity contribution is 0.252. The van der Waals surface area contributed by atoms with Gasteiger partial charge in [-0.1, -0.05) is 12.1 Å². The summed E-state index contributed by atoms with van der Waals surface area (Å²) in [6.45, 7) is 7.64. The van der Waals surface area contributed by atoms with Crippen molar-refractivity contribution in [3.63, 3.8) is 0 Å². The number of amides is 2. The third-order valence-electron chi connectivity index (χ3n) is 4.51. The third kappa shape index (κ3) is 3.66. The lowest BCUT2D eigenvalue weighted by Crippen LogP contribution is -2.27. The average Bonchev–Trinajstić information content (AvgIpc) is 3.31. The molecule has 0 radical (unpaired) electrons. The number of urea groups is 1. The molecular formula is C20H23N7O. The van der Waals surface area contributed by atoms with Crippen LogP contribution in [0, 0.1) is 0 Å². The van der Waals surface area contributed by atoms with Crippen molar-refractivity contribution in [2.24, 2.45) is 0 Å². The molecular weight excluding hydrogens is 354 g/mol. The first-order chi connectivity index (χ1) is 13.4. The second-order valence-electron chi connectivity index (χ2n) is 7.67. The van der Waals surface area contributed by atoms with Gasteiger partial charge in [-0.25, -0.2) is 14.8 Å². The molecule has 1 aliphatic rings.